The number of aryl methyl sites for hydroxylation is 1. The van der Waals surface area contributed by atoms with Crippen LogP contribution in [-0.4, -0.2) is 16.1 Å². The van der Waals surface area contributed by atoms with Crippen LogP contribution in [0.3, 0.4) is 0 Å². The number of nitrogens with zero attached hydrogens (tertiary/aromatic N) is 1. The van der Waals surface area contributed by atoms with Gasteiger partial charge in [0, 0.05) is 10.4 Å². The third-order valence-corrected chi connectivity index (χ3v) is 3.67. The minimum atomic E-state index is -0.915. The van der Waals surface area contributed by atoms with Crippen LogP contribution < -0.4 is 0 Å². The zero-order chi connectivity index (χ0) is 10.1. The molecule has 14 heavy (non-hydrogen) atoms. The zero-order valence-electron chi connectivity index (χ0n) is 7.35. The van der Waals surface area contributed by atoms with Gasteiger partial charge in [-0.3, -0.25) is 0 Å². The Labute approximate surface area is 88.7 Å². The first-order valence-electron chi connectivity index (χ1n) is 3.92. The summed E-state index contributed by atoms with van der Waals surface area (Å²) in [6.45, 7) is 2.00. The van der Waals surface area contributed by atoms with E-state index in [-0.39, 0.29) is 4.88 Å². The van der Waals surface area contributed by atoms with Crippen LogP contribution in [0.1, 0.15) is 14.5 Å². The molecule has 0 saturated carbocycles. The van der Waals surface area contributed by atoms with E-state index < -0.39 is 5.97 Å². The van der Waals surface area contributed by atoms with Crippen LogP contribution in [0.2, 0.25) is 0 Å². The number of rotatable bonds is 2. The van der Waals surface area contributed by atoms with E-state index in [2.05, 4.69) is 4.98 Å². The smallest absolute Gasteiger partial charge is 0.347 e. The monoisotopic (exact) mass is 225 g/mol. The van der Waals surface area contributed by atoms with Crippen LogP contribution >= 0.6 is 22.7 Å². The molecule has 2 aromatic heterocycles. The van der Waals surface area contributed by atoms with Crippen LogP contribution in [0.25, 0.3) is 10.6 Å². The number of thiazole rings is 1. The zero-order valence-corrected chi connectivity index (χ0v) is 8.98. The SMILES string of the molecule is Cc1sccc1-c1ncc(C(=O)O)s1. The van der Waals surface area contributed by atoms with E-state index in [1.807, 2.05) is 18.4 Å². The normalized spacial score (nSPS) is 10.4. The molecule has 3 nitrogen and oxygen atoms in total. The summed E-state index contributed by atoms with van der Waals surface area (Å²) in [5.74, 6) is -0.915. The number of hydrogen-bond acceptors (Lipinski definition) is 4. The summed E-state index contributed by atoms with van der Waals surface area (Å²) in [7, 11) is 0. The number of carboxylic acids is 1. The molecule has 0 saturated heterocycles. The van der Waals surface area contributed by atoms with E-state index in [9.17, 15) is 4.79 Å². The van der Waals surface area contributed by atoms with Gasteiger partial charge < -0.3 is 5.11 Å². The van der Waals surface area contributed by atoms with Gasteiger partial charge in [-0.05, 0) is 18.4 Å². The molecule has 72 valence electrons. The first-order chi connectivity index (χ1) is 6.68. The van der Waals surface area contributed by atoms with Gasteiger partial charge in [0.1, 0.15) is 9.88 Å². The number of carbonyl (C=O) groups is 1. The molecule has 0 aliphatic rings. The Kier molecular flexibility index (Phi) is 2.35. The molecule has 1 N–H and O–H groups in total. The molecule has 0 aliphatic heterocycles. The highest BCUT2D eigenvalue weighted by molar-refractivity contribution is 7.17. The summed E-state index contributed by atoms with van der Waals surface area (Å²) in [5.41, 5.74) is 1.03. The van der Waals surface area contributed by atoms with Gasteiger partial charge >= 0.3 is 5.97 Å². The van der Waals surface area contributed by atoms with Crippen LogP contribution in [0, 0.1) is 6.92 Å². The van der Waals surface area contributed by atoms with Gasteiger partial charge in [-0.15, -0.1) is 22.7 Å². The maximum absolute atomic E-state index is 10.6. The van der Waals surface area contributed by atoms with E-state index in [0.29, 0.717) is 0 Å². The standard InChI is InChI=1S/C9H7NO2S2/c1-5-6(2-3-13-5)8-10-4-7(14-8)9(11)12/h2-4H,1H3,(H,11,12). The number of hydrogen-bond donors (Lipinski definition) is 1. The number of thiophene rings is 1. The van der Waals surface area contributed by atoms with E-state index in [1.54, 1.807) is 11.3 Å². The molecule has 0 bridgehead atoms. The van der Waals surface area contributed by atoms with Gasteiger partial charge in [0.05, 0.1) is 6.20 Å². The third-order valence-electron chi connectivity index (χ3n) is 1.81. The summed E-state index contributed by atoms with van der Waals surface area (Å²) < 4.78 is 0. The molecule has 2 rings (SSSR count). The molecule has 5 heteroatoms. The van der Waals surface area contributed by atoms with Crippen LogP contribution in [0.5, 0.6) is 0 Å². The van der Waals surface area contributed by atoms with Crippen molar-refractivity contribution in [3.63, 3.8) is 0 Å². The summed E-state index contributed by atoms with van der Waals surface area (Å²) in [5, 5.41) is 11.5. The van der Waals surface area contributed by atoms with Crippen molar-refractivity contribution < 1.29 is 9.90 Å². The molecule has 0 spiro atoms. The summed E-state index contributed by atoms with van der Waals surface area (Å²) in [4.78, 5) is 16.2. The van der Waals surface area contributed by atoms with E-state index >= 15 is 0 Å². The van der Waals surface area contributed by atoms with Crippen molar-refractivity contribution >= 4 is 28.6 Å². The Balaban J connectivity index is 2.43. The Hall–Kier alpha value is -1.20. The fourth-order valence-electron chi connectivity index (χ4n) is 1.10. The lowest BCUT2D eigenvalue weighted by Gasteiger charge is -1.91. The molecule has 2 heterocycles. The molecule has 0 atom stereocenters. The highest BCUT2D eigenvalue weighted by atomic mass is 32.1. The second kappa shape index (κ2) is 3.51. The fourth-order valence-corrected chi connectivity index (χ4v) is 2.71. The largest absolute Gasteiger partial charge is 0.477 e. The lowest BCUT2D eigenvalue weighted by molar-refractivity contribution is 0.0702. The topological polar surface area (TPSA) is 50.2 Å². The highest BCUT2D eigenvalue weighted by Crippen LogP contribution is 2.30. The Morgan fingerprint density at radius 3 is 2.86 bits per heavy atom. The highest BCUT2D eigenvalue weighted by Gasteiger charge is 2.11. The summed E-state index contributed by atoms with van der Waals surface area (Å²) in [6.07, 6.45) is 1.40. The first kappa shape index (κ1) is 9.36. The van der Waals surface area contributed by atoms with Crippen molar-refractivity contribution in [3.05, 3.63) is 27.4 Å². The fraction of sp³-hybridized carbons (Fsp3) is 0.111. The number of aromatic carboxylic acids is 1. The molecule has 0 radical (unpaired) electrons. The molecule has 2 aromatic rings. The lowest BCUT2D eigenvalue weighted by atomic mass is 10.3. The molecular formula is C9H7NO2S2. The quantitative estimate of drug-likeness (QED) is 0.855. The lowest BCUT2D eigenvalue weighted by Crippen LogP contribution is -1.89. The van der Waals surface area contributed by atoms with Crippen LogP contribution in [0.4, 0.5) is 0 Å². The van der Waals surface area contributed by atoms with Crippen LogP contribution in [0.15, 0.2) is 17.6 Å². The van der Waals surface area contributed by atoms with Crippen molar-refractivity contribution in [2.45, 2.75) is 6.92 Å². The molecule has 0 fully saturated rings. The van der Waals surface area contributed by atoms with Gasteiger partial charge in [-0.2, -0.15) is 0 Å². The average Bonchev–Trinajstić information content (AvgIpc) is 2.71. The minimum absolute atomic E-state index is 0.283. The third kappa shape index (κ3) is 1.56. The minimum Gasteiger partial charge on any atom is -0.477 e. The van der Waals surface area contributed by atoms with Crippen molar-refractivity contribution in [3.8, 4) is 10.6 Å². The maximum Gasteiger partial charge on any atom is 0.347 e. The van der Waals surface area contributed by atoms with Crippen molar-refractivity contribution in [1.29, 1.82) is 0 Å². The number of carboxylic acid groups (broad SMARTS) is 1. The predicted molar refractivity (Wildman–Crippen MR) is 57.1 cm³/mol. The Bertz CT molecular complexity index is 473. The van der Waals surface area contributed by atoms with Crippen molar-refractivity contribution in [1.82, 2.24) is 4.98 Å². The molecule has 0 unspecified atom stereocenters. The van der Waals surface area contributed by atoms with Crippen LogP contribution in [-0.2, 0) is 0 Å². The second-order valence-corrected chi connectivity index (χ2v) is 4.88. The maximum atomic E-state index is 10.6. The average molecular weight is 225 g/mol. The van der Waals surface area contributed by atoms with Gasteiger partial charge in [-0.1, -0.05) is 0 Å². The summed E-state index contributed by atoms with van der Waals surface area (Å²) >= 11 is 2.85. The van der Waals surface area contributed by atoms with E-state index in [1.165, 1.54) is 17.5 Å². The molecule has 0 aliphatic carbocycles. The molecule has 0 amide bonds. The summed E-state index contributed by atoms with van der Waals surface area (Å²) in [6, 6.07) is 1.96. The van der Waals surface area contributed by atoms with Crippen molar-refractivity contribution in [2.75, 3.05) is 0 Å². The van der Waals surface area contributed by atoms with Gasteiger partial charge in [0.25, 0.3) is 0 Å². The van der Waals surface area contributed by atoms with Gasteiger partial charge in [-0.25, -0.2) is 9.78 Å². The van der Waals surface area contributed by atoms with Gasteiger partial charge in [0.2, 0.25) is 0 Å². The van der Waals surface area contributed by atoms with Gasteiger partial charge in [0.15, 0.2) is 0 Å². The second-order valence-electron chi connectivity index (χ2n) is 2.73. The van der Waals surface area contributed by atoms with Crippen molar-refractivity contribution in [2.24, 2.45) is 0 Å². The Morgan fingerprint density at radius 2 is 2.36 bits per heavy atom. The van der Waals surface area contributed by atoms with E-state index in [4.69, 9.17) is 5.11 Å². The number of aromatic nitrogens is 1. The predicted octanol–water partition coefficient (Wildman–Crippen LogP) is 2.88. The molecular weight excluding hydrogens is 218 g/mol. The molecule has 0 aromatic carbocycles. The Morgan fingerprint density at radius 1 is 1.57 bits per heavy atom. The van der Waals surface area contributed by atoms with E-state index in [0.717, 1.165) is 15.4 Å². The first-order valence-corrected chi connectivity index (χ1v) is 5.61.